The van der Waals surface area contributed by atoms with E-state index in [4.69, 9.17) is 16.0 Å². The maximum atomic E-state index is 14.2. The first-order valence-electron chi connectivity index (χ1n) is 18.7. The van der Waals surface area contributed by atoms with Crippen LogP contribution in [0.3, 0.4) is 0 Å². The molecule has 334 valence electrons. The predicted molar refractivity (Wildman–Crippen MR) is 200 cm³/mol. The van der Waals surface area contributed by atoms with Crippen LogP contribution in [0, 0.1) is 5.92 Å². The molecule has 3 fully saturated rings. The molecule has 11 unspecified atom stereocenters. The highest BCUT2D eigenvalue weighted by atomic mass is 32.3. The average molecular weight is 875 g/mol. The molecular formula is C34H50N8O17S. The Morgan fingerprint density at radius 3 is 2.25 bits per heavy atom. The van der Waals surface area contributed by atoms with E-state index in [0.29, 0.717) is 0 Å². The monoisotopic (exact) mass is 874 g/mol. The van der Waals surface area contributed by atoms with Gasteiger partial charge in [-0.25, -0.2) is 0 Å². The van der Waals surface area contributed by atoms with Gasteiger partial charge in [0.1, 0.15) is 30.2 Å². The second kappa shape index (κ2) is 19.9. The lowest BCUT2D eigenvalue weighted by Crippen LogP contribution is -2.64. The standard InChI is InChI=1S/C34H50N8O17S/c1-14-12-42-27(28(14)49)32(53)37-11-16(44)9-17(35)29(50)38-18(13-43)33(54)41-6-2-3-19(41)30(51)39-25(31(52)40-26(34(42)55)22(47)10-24(36)48)21(46)7-15-4-5-20(45)23(8-15)59-60(56,57)58/h4-5,8,14,16-19,21-22,25-28,43-47,49H,2-3,6-7,9-13,35H2,1H3,(H2,36,48)(H,37,53)(H,38,50)(H,39,51)(H,40,52)(H,56,57,58). The highest BCUT2D eigenvalue weighted by molar-refractivity contribution is 7.81. The Morgan fingerprint density at radius 2 is 1.62 bits per heavy atom. The number of amides is 7. The molecule has 3 aliphatic rings. The third-order valence-corrected chi connectivity index (χ3v) is 10.7. The number of benzene rings is 1. The van der Waals surface area contributed by atoms with Gasteiger partial charge in [0, 0.05) is 32.0 Å². The molecule has 0 saturated carbocycles. The number of hydrogen-bond acceptors (Lipinski definition) is 17. The molecule has 7 amide bonds. The van der Waals surface area contributed by atoms with Crippen LogP contribution in [0.25, 0.3) is 0 Å². The smallest absolute Gasteiger partial charge is 0.446 e. The van der Waals surface area contributed by atoms with Crippen LogP contribution in [-0.4, -0.2) is 182 Å². The predicted octanol–water partition coefficient (Wildman–Crippen LogP) is -7.43. The molecule has 0 bridgehead atoms. The van der Waals surface area contributed by atoms with Crippen molar-refractivity contribution in [3.63, 3.8) is 0 Å². The summed E-state index contributed by atoms with van der Waals surface area (Å²) in [5.41, 5.74) is 11.2. The van der Waals surface area contributed by atoms with E-state index in [1.165, 1.54) is 6.92 Å². The van der Waals surface area contributed by atoms with Gasteiger partial charge >= 0.3 is 10.4 Å². The summed E-state index contributed by atoms with van der Waals surface area (Å²) in [5.74, 6) is -10.2. The van der Waals surface area contributed by atoms with Gasteiger partial charge in [-0.05, 0) is 37.0 Å². The van der Waals surface area contributed by atoms with Crippen molar-refractivity contribution in [2.24, 2.45) is 17.4 Å². The topological polar surface area (TPSA) is 411 Å². The number of rotatable bonds is 9. The first kappa shape index (κ1) is 47.5. The molecule has 3 heterocycles. The van der Waals surface area contributed by atoms with Gasteiger partial charge in [-0.1, -0.05) is 13.0 Å². The van der Waals surface area contributed by atoms with E-state index >= 15 is 0 Å². The Balaban J connectivity index is 1.80. The summed E-state index contributed by atoms with van der Waals surface area (Å²) < 4.78 is 36.2. The number of β-amino-alcohol motifs (C(OH)–C–C–N with tert-alkyl or cyclic N) is 1. The highest BCUT2D eigenvalue weighted by Crippen LogP contribution is 2.29. The first-order chi connectivity index (χ1) is 28.0. The fourth-order valence-electron chi connectivity index (χ4n) is 7.20. The molecule has 0 radical (unpaired) electrons. The average Bonchev–Trinajstić information content (AvgIpc) is 3.77. The molecule has 4 rings (SSSR count). The summed E-state index contributed by atoms with van der Waals surface area (Å²) in [5, 5.41) is 73.5. The molecule has 60 heavy (non-hydrogen) atoms. The third-order valence-electron chi connectivity index (χ3n) is 10.3. The number of carbonyl (C=O) groups is 7. The first-order valence-corrected chi connectivity index (χ1v) is 20.0. The second-order valence-electron chi connectivity index (χ2n) is 14.9. The number of carbonyl (C=O) groups excluding carboxylic acids is 7. The minimum absolute atomic E-state index is 0.0373. The fraction of sp³-hybridized carbons (Fsp3) is 0.618. The Bertz CT molecular complexity index is 1920. The number of primary amides is 1. The van der Waals surface area contributed by atoms with Gasteiger partial charge in [0.25, 0.3) is 0 Å². The van der Waals surface area contributed by atoms with Crippen LogP contribution in [0.2, 0.25) is 0 Å². The van der Waals surface area contributed by atoms with Crippen LogP contribution in [-0.2, 0) is 50.4 Å². The summed E-state index contributed by atoms with van der Waals surface area (Å²) in [6.45, 7) is -0.511. The van der Waals surface area contributed by atoms with Gasteiger partial charge in [0.15, 0.2) is 11.5 Å². The Hall–Kier alpha value is -5.22. The zero-order valence-corrected chi connectivity index (χ0v) is 32.9. The van der Waals surface area contributed by atoms with E-state index in [0.717, 1.165) is 28.0 Å². The second-order valence-corrected chi connectivity index (χ2v) is 15.9. The quantitative estimate of drug-likeness (QED) is 0.103. The van der Waals surface area contributed by atoms with Crippen LogP contribution >= 0.6 is 0 Å². The number of phenolic OH excluding ortho intramolecular Hbond substituents is 1. The molecule has 0 aromatic heterocycles. The lowest BCUT2D eigenvalue weighted by atomic mass is 9.98. The minimum Gasteiger partial charge on any atom is -0.504 e. The van der Waals surface area contributed by atoms with Crippen molar-refractivity contribution < 1.29 is 81.4 Å². The maximum absolute atomic E-state index is 14.2. The van der Waals surface area contributed by atoms with Crippen LogP contribution in [0.15, 0.2) is 18.2 Å². The van der Waals surface area contributed by atoms with Gasteiger partial charge in [-0.3, -0.25) is 38.1 Å². The molecular weight excluding hydrogens is 824 g/mol. The van der Waals surface area contributed by atoms with Crippen LogP contribution in [0.5, 0.6) is 11.5 Å². The van der Waals surface area contributed by atoms with Crippen molar-refractivity contribution >= 4 is 51.7 Å². The van der Waals surface area contributed by atoms with Crippen molar-refractivity contribution in [2.75, 3.05) is 26.2 Å². The van der Waals surface area contributed by atoms with E-state index in [1.54, 1.807) is 0 Å². The van der Waals surface area contributed by atoms with Crippen molar-refractivity contribution in [1.82, 2.24) is 31.1 Å². The SMILES string of the molecule is CC1CN2C(=O)C(C(O)CC(N)=O)NC(=O)C(C(O)Cc3ccc(O)c(OS(=O)(=O)O)c3)NC(=O)C3CCCN3C(=O)C(CO)NC(=O)C(N)CC(O)CNC(=O)C2C1O. The normalized spacial score (nSPS) is 30.2. The van der Waals surface area contributed by atoms with Crippen molar-refractivity contribution in [2.45, 2.75) is 99.7 Å². The van der Waals surface area contributed by atoms with E-state index in [2.05, 4.69) is 25.5 Å². The van der Waals surface area contributed by atoms with Crippen molar-refractivity contribution in [3.8, 4) is 11.5 Å². The molecule has 3 aliphatic heterocycles. The number of nitrogens with two attached hydrogens (primary N) is 2. The zero-order valence-electron chi connectivity index (χ0n) is 32.1. The van der Waals surface area contributed by atoms with E-state index in [-0.39, 0.29) is 31.5 Å². The molecule has 25 nitrogen and oxygen atoms in total. The van der Waals surface area contributed by atoms with Gasteiger partial charge in [-0.2, -0.15) is 8.42 Å². The van der Waals surface area contributed by atoms with Gasteiger partial charge in [0.2, 0.25) is 41.4 Å². The number of nitrogens with one attached hydrogen (secondary N) is 4. The zero-order chi connectivity index (χ0) is 44.8. The Morgan fingerprint density at radius 1 is 0.950 bits per heavy atom. The lowest BCUT2D eigenvalue weighted by Gasteiger charge is -2.33. The number of aromatic hydroxyl groups is 1. The molecule has 1 aromatic rings. The van der Waals surface area contributed by atoms with Crippen LogP contribution in [0.4, 0.5) is 0 Å². The molecule has 11 atom stereocenters. The number of aliphatic hydroxyl groups excluding tert-OH is 5. The van der Waals surface area contributed by atoms with Gasteiger partial charge in [0.05, 0.1) is 43.5 Å². The summed E-state index contributed by atoms with van der Waals surface area (Å²) >= 11 is 0. The third kappa shape index (κ3) is 11.7. The highest BCUT2D eigenvalue weighted by Gasteiger charge is 2.49. The Labute approximate surface area is 342 Å². The molecule has 3 saturated heterocycles. The molecule has 0 aliphatic carbocycles. The number of aliphatic hydroxyl groups is 5. The molecule has 0 spiro atoms. The number of phenols is 1. The molecule has 1 aromatic carbocycles. The van der Waals surface area contributed by atoms with Crippen LogP contribution < -0.4 is 36.9 Å². The molecule has 26 heteroatoms. The fourth-order valence-corrected chi connectivity index (χ4v) is 7.56. The minimum atomic E-state index is -5.16. The van der Waals surface area contributed by atoms with Gasteiger partial charge in [-0.15, -0.1) is 0 Å². The summed E-state index contributed by atoms with van der Waals surface area (Å²) in [6.07, 6.45) is -9.16. The lowest BCUT2D eigenvalue weighted by molar-refractivity contribution is -0.147. The number of fused-ring (bicyclic) bond motifs is 2. The molecule has 15 N–H and O–H groups in total. The van der Waals surface area contributed by atoms with Gasteiger partial charge < -0.3 is 77.4 Å². The van der Waals surface area contributed by atoms with E-state index in [9.17, 15) is 72.6 Å². The summed E-state index contributed by atoms with van der Waals surface area (Å²) in [4.78, 5) is 96.2. The van der Waals surface area contributed by atoms with Crippen LogP contribution in [0.1, 0.15) is 38.2 Å². The Kier molecular flexibility index (Phi) is 15.7. The van der Waals surface area contributed by atoms with E-state index < -0.39 is 162 Å². The van der Waals surface area contributed by atoms with Crippen molar-refractivity contribution in [1.29, 1.82) is 0 Å². The van der Waals surface area contributed by atoms with E-state index in [1.807, 2.05) is 0 Å². The largest absolute Gasteiger partial charge is 0.504 e. The number of nitrogens with zero attached hydrogens (tertiary/aromatic N) is 2. The summed E-state index contributed by atoms with van der Waals surface area (Å²) in [7, 11) is -5.16. The number of hydrogen-bond donors (Lipinski definition) is 13. The van der Waals surface area contributed by atoms with Crippen molar-refractivity contribution in [3.05, 3.63) is 23.8 Å². The maximum Gasteiger partial charge on any atom is 0.446 e. The summed E-state index contributed by atoms with van der Waals surface area (Å²) in [6, 6.07) is -7.65.